The average Bonchev–Trinajstić information content (AvgIpc) is 3.22. The van der Waals surface area contributed by atoms with Crippen LogP contribution in [0, 0.1) is 5.82 Å². The van der Waals surface area contributed by atoms with Gasteiger partial charge >= 0.3 is 0 Å². The fourth-order valence-electron chi connectivity index (χ4n) is 4.27. The second kappa shape index (κ2) is 9.63. The number of anilines is 1. The van der Waals surface area contributed by atoms with Gasteiger partial charge in [-0.15, -0.1) is 0 Å². The van der Waals surface area contributed by atoms with Crippen LogP contribution < -0.4 is 5.32 Å². The molecule has 1 atom stereocenters. The lowest BCUT2D eigenvalue weighted by Gasteiger charge is -2.21. The van der Waals surface area contributed by atoms with Crippen LogP contribution in [0.25, 0.3) is 27.7 Å². The number of nitrogens with one attached hydrogen (secondary N) is 1. The Labute approximate surface area is 198 Å². The Morgan fingerprint density at radius 2 is 2.03 bits per heavy atom. The molecule has 10 heteroatoms. The van der Waals surface area contributed by atoms with Crippen molar-refractivity contribution >= 4 is 32.2 Å². The zero-order chi connectivity index (χ0) is 24.5. The molecule has 0 aliphatic carbocycles. The minimum Gasteiger partial charge on any atom is -0.380 e. The number of rotatable bonds is 9. The molecule has 34 heavy (non-hydrogen) atoms. The maximum atomic E-state index is 13.8. The topological polar surface area (TPSA) is 98.5 Å². The molecule has 4 rings (SSSR count). The minimum atomic E-state index is -3.12. The average molecular weight is 486 g/mol. The Morgan fingerprint density at radius 3 is 2.71 bits per heavy atom. The standard InChI is InChI=1S/C24H28FN5O3S/c1-5-15(8-9-34(4,31)32)22-20(14-33-3)23(26-2)30-24(29-22)19(13-28-30)17-10-16-11-18(25)6-7-21(16)27-12-17/h6-7,10-13,15,26H,5,8-9,14H2,1-4H3. The molecule has 1 unspecified atom stereocenters. The van der Waals surface area contributed by atoms with E-state index < -0.39 is 9.84 Å². The molecule has 8 nitrogen and oxygen atoms in total. The van der Waals surface area contributed by atoms with Crippen LogP contribution in [0.3, 0.4) is 0 Å². The van der Waals surface area contributed by atoms with E-state index in [1.165, 1.54) is 18.4 Å². The van der Waals surface area contributed by atoms with E-state index in [1.807, 2.05) is 13.0 Å². The van der Waals surface area contributed by atoms with Crippen molar-refractivity contribution in [2.24, 2.45) is 0 Å². The second-order valence-corrected chi connectivity index (χ2v) is 10.6. The Morgan fingerprint density at radius 1 is 1.24 bits per heavy atom. The number of sulfone groups is 1. The van der Waals surface area contributed by atoms with Crippen molar-refractivity contribution in [3.63, 3.8) is 0 Å². The summed E-state index contributed by atoms with van der Waals surface area (Å²) in [6, 6.07) is 6.35. The number of hydrogen-bond acceptors (Lipinski definition) is 7. The molecule has 0 spiro atoms. The Hall–Kier alpha value is -3.11. The Bertz CT molecular complexity index is 1450. The summed E-state index contributed by atoms with van der Waals surface area (Å²) in [7, 11) is 0.296. The third kappa shape index (κ3) is 4.74. The van der Waals surface area contributed by atoms with Crippen molar-refractivity contribution in [1.82, 2.24) is 19.6 Å². The first-order valence-electron chi connectivity index (χ1n) is 11.1. The van der Waals surface area contributed by atoms with E-state index in [2.05, 4.69) is 15.4 Å². The zero-order valence-electron chi connectivity index (χ0n) is 19.7. The van der Waals surface area contributed by atoms with Crippen molar-refractivity contribution in [3.05, 3.63) is 53.7 Å². The lowest BCUT2D eigenvalue weighted by atomic mass is 9.95. The monoisotopic (exact) mass is 485 g/mol. The Kier molecular flexibility index (Phi) is 6.81. The number of nitrogens with zero attached hydrogens (tertiary/aromatic N) is 4. The molecule has 0 aliphatic rings. The highest BCUT2D eigenvalue weighted by atomic mass is 32.2. The molecule has 0 aliphatic heterocycles. The van der Waals surface area contributed by atoms with E-state index in [0.717, 1.165) is 34.6 Å². The van der Waals surface area contributed by atoms with Gasteiger partial charge in [-0.05, 0) is 37.1 Å². The van der Waals surface area contributed by atoms with Crippen LogP contribution in [-0.2, 0) is 21.2 Å². The van der Waals surface area contributed by atoms with Gasteiger partial charge in [-0.3, -0.25) is 4.98 Å². The van der Waals surface area contributed by atoms with Crippen molar-refractivity contribution in [2.45, 2.75) is 32.3 Å². The molecular weight excluding hydrogens is 457 g/mol. The summed E-state index contributed by atoms with van der Waals surface area (Å²) in [6.45, 7) is 2.32. The molecule has 0 bridgehead atoms. The molecule has 1 N–H and O–H groups in total. The lowest BCUT2D eigenvalue weighted by molar-refractivity contribution is 0.183. The number of benzene rings is 1. The number of aromatic nitrogens is 4. The molecular formula is C24H28FN5O3S. The molecule has 3 heterocycles. The summed E-state index contributed by atoms with van der Waals surface area (Å²) in [5, 5.41) is 8.45. The number of pyridine rings is 1. The van der Waals surface area contributed by atoms with Crippen LogP contribution in [0.4, 0.5) is 10.2 Å². The first-order chi connectivity index (χ1) is 16.3. The van der Waals surface area contributed by atoms with Gasteiger partial charge in [0, 0.05) is 54.6 Å². The first-order valence-corrected chi connectivity index (χ1v) is 13.1. The smallest absolute Gasteiger partial charge is 0.165 e. The van der Waals surface area contributed by atoms with Gasteiger partial charge in [0.15, 0.2) is 5.65 Å². The highest BCUT2D eigenvalue weighted by molar-refractivity contribution is 7.90. The predicted octanol–water partition coefficient (Wildman–Crippen LogP) is 4.20. The minimum absolute atomic E-state index is 0.0754. The van der Waals surface area contributed by atoms with E-state index in [9.17, 15) is 12.8 Å². The summed E-state index contributed by atoms with van der Waals surface area (Å²) in [6.07, 6.45) is 5.86. The van der Waals surface area contributed by atoms with Gasteiger partial charge in [-0.1, -0.05) is 6.92 Å². The van der Waals surface area contributed by atoms with Gasteiger partial charge in [0.1, 0.15) is 21.5 Å². The maximum Gasteiger partial charge on any atom is 0.165 e. The predicted molar refractivity (Wildman–Crippen MR) is 131 cm³/mol. The van der Waals surface area contributed by atoms with Crippen molar-refractivity contribution < 1.29 is 17.5 Å². The SMILES string of the molecule is CCC(CCS(C)(=O)=O)c1nc2c(-c3cnc4ccc(F)cc4c3)cnn2c(NC)c1COC. The molecule has 0 radical (unpaired) electrons. The number of halogens is 1. The summed E-state index contributed by atoms with van der Waals surface area (Å²) in [4.78, 5) is 9.46. The largest absolute Gasteiger partial charge is 0.380 e. The van der Waals surface area contributed by atoms with Gasteiger partial charge in [0.25, 0.3) is 0 Å². The first kappa shape index (κ1) is 24.0. The maximum absolute atomic E-state index is 13.8. The molecule has 0 saturated carbocycles. The van der Waals surface area contributed by atoms with Gasteiger partial charge in [-0.25, -0.2) is 17.8 Å². The van der Waals surface area contributed by atoms with Gasteiger partial charge in [0.05, 0.1) is 29.8 Å². The third-order valence-corrected chi connectivity index (χ3v) is 6.95. The van der Waals surface area contributed by atoms with Gasteiger partial charge in [0.2, 0.25) is 0 Å². The normalized spacial score (nSPS) is 13.0. The van der Waals surface area contributed by atoms with E-state index in [-0.39, 0.29) is 17.5 Å². The second-order valence-electron chi connectivity index (χ2n) is 8.39. The third-order valence-electron chi connectivity index (χ3n) is 5.97. The summed E-state index contributed by atoms with van der Waals surface area (Å²) >= 11 is 0. The molecule has 0 saturated heterocycles. The van der Waals surface area contributed by atoms with Crippen molar-refractivity contribution in [1.29, 1.82) is 0 Å². The summed E-state index contributed by atoms with van der Waals surface area (Å²) < 4.78 is 44.7. The van der Waals surface area contributed by atoms with Crippen LogP contribution in [0.15, 0.2) is 36.7 Å². The number of ether oxygens (including phenoxy) is 1. The van der Waals surface area contributed by atoms with Crippen molar-refractivity contribution in [2.75, 3.05) is 31.5 Å². The number of fused-ring (bicyclic) bond motifs is 2. The van der Waals surface area contributed by atoms with Crippen LogP contribution in [0.5, 0.6) is 0 Å². The number of methoxy groups -OCH3 is 1. The fourth-order valence-corrected chi connectivity index (χ4v) is 4.98. The van der Waals surface area contributed by atoms with Crippen molar-refractivity contribution in [3.8, 4) is 11.1 Å². The summed E-state index contributed by atoms with van der Waals surface area (Å²) in [5.41, 5.74) is 4.43. The zero-order valence-corrected chi connectivity index (χ0v) is 20.5. The van der Waals surface area contributed by atoms with Crippen LogP contribution >= 0.6 is 0 Å². The highest BCUT2D eigenvalue weighted by Crippen LogP contribution is 2.34. The van der Waals surface area contributed by atoms with E-state index in [4.69, 9.17) is 9.72 Å². The molecule has 180 valence electrons. The lowest BCUT2D eigenvalue weighted by Crippen LogP contribution is -2.16. The molecule has 0 amide bonds. The van der Waals surface area contributed by atoms with Crippen LogP contribution in [0.2, 0.25) is 0 Å². The van der Waals surface area contributed by atoms with E-state index in [0.29, 0.717) is 29.6 Å². The van der Waals surface area contributed by atoms with Crippen LogP contribution in [0.1, 0.15) is 36.9 Å². The van der Waals surface area contributed by atoms with E-state index in [1.54, 1.807) is 37.1 Å². The fraction of sp³-hybridized carbons (Fsp3) is 0.375. The molecule has 0 fully saturated rings. The van der Waals surface area contributed by atoms with Gasteiger partial charge < -0.3 is 10.1 Å². The van der Waals surface area contributed by atoms with Crippen LogP contribution in [-0.4, -0.2) is 54.2 Å². The highest BCUT2D eigenvalue weighted by Gasteiger charge is 2.24. The van der Waals surface area contributed by atoms with E-state index >= 15 is 0 Å². The summed E-state index contributed by atoms with van der Waals surface area (Å²) in [5.74, 6) is 0.394. The quantitative estimate of drug-likeness (QED) is 0.379. The molecule has 3 aromatic heterocycles. The van der Waals surface area contributed by atoms with Gasteiger partial charge in [-0.2, -0.15) is 9.61 Å². The number of hydrogen-bond donors (Lipinski definition) is 1. The molecule has 4 aromatic rings. The molecule has 1 aromatic carbocycles. The Balaban J connectivity index is 1.92.